The molecule has 19 heavy (non-hydrogen) atoms. The molecular formula is C14H15NO4. The molecule has 1 aliphatic heterocycles. The van der Waals surface area contributed by atoms with E-state index in [1.54, 1.807) is 13.8 Å². The SMILES string of the molecule is CCOC(=O)C(=O)c1c(C)c(C)cc2c1NC(=O)C2. The van der Waals surface area contributed by atoms with Gasteiger partial charge in [-0.2, -0.15) is 0 Å². The number of hydrogen-bond acceptors (Lipinski definition) is 4. The van der Waals surface area contributed by atoms with Crippen molar-refractivity contribution >= 4 is 23.3 Å². The fraction of sp³-hybridized carbons (Fsp3) is 0.357. The largest absolute Gasteiger partial charge is 0.460 e. The molecule has 0 fully saturated rings. The normalized spacial score (nSPS) is 12.9. The molecule has 100 valence electrons. The van der Waals surface area contributed by atoms with Crippen molar-refractivity contribution in [2.45, 2.75) is 27.2 Å². The first-order valence-corrected chi connectivity index (χ1v) is 6.10. The number of anilines is 1. The fourth-order valence-corrected chi connectivity index (χ4v) is 2.21. The van der Waals surface area contributed by atoms with E-state index in [4.69, 9.17) is 4.74 Å². The van der Waals surface area contributed by atoms with E-state index in [0.29, 0.717) is 11.3 Å². The van der Waals surface area contributed by atoms with E-state index >= 15 is 0 Å². The number of benzene rings is 1. The Hall–Kier alpha value is -2.17. The highest BCUT2D eigenvalue weighted by Gasteiger charge is 2.30. The highest BCUT2D eigenvalue weighted by Crippen LogP contribution is 2.32. The van der Waals surface area contributed by atoms with Gasteiger partial charge in [-0.05, 0) is 37.5 Å². The average molecular weight is 261 g/mol. The van der Waals surface area contributed by atoms with Gasteiger partial charge in [-0.3, -0.25) is 9.59 Å². The van der Waals surface area contributed by atoms with Gasteiger partial charge in [-0.25, -0.2) is 4.79 Å². The number of carbonyl (C=O) groups excluding carboxylic acids is 3. The maximum atomic E-state index is 12.1. The van der Waals surface area contributed by atoms with Crippen LogP contribution in [0.5, 0.6) is 0 Å². The van der Waals surface area contributed by atoms with Crippen LogP contribution in [0, 0.1) is 13.8 Å². The number of carbonyl (C=O) groups is 3. The standard InChI is InChI=1S/C14H15NO4/c1-4-19-14(18)13(17)11-8(3)7(2)5-9-6-10(16)15-12(9)11/h5H,4,6H2,1-3H3,(H,15,16). The first kappa shape index (κ1) is 13.3. The summed E-state index contributed by atoms with van der Waals surface area (Å²) in [6.45, 7) is 5.39. The second-order valence-corrected chi connectivity index (χ2v) is 4.50. The third kappa shape index (κ3) is 2.23. The molecule has 1 N–H and O–H groups in total. The first-order chi connectivity index (χ1) is 8.95. The van der Waals surface area contributed by atoms with Crippen molar-refractivity contribution < 1.29 is 19.1 Å². The van der Waals surface area contributed by atoms with Gasteiger partial charge in [-0.15, -0.1) is 0 Å². The second kappa shape index (κ2) is 4.84. The van der Waals surface area contributed by atoms with Crippen LogP contribution in [0.2, 0.25) is 0 Å². The van der Waals surface area contributed by atoms with E-state index in [9.17, 15) is 14.4 Å². The van der Waals surface area contributed by atoms with Crippen LogP contribution in [-0.2, 0) is 20.7 Å². The van der Waals surface area contributed by atoms with Gasteiger partial charge in [0, 0.05) is 0 Å². The molecule has 0 radical (unpaired) electrons. The summed E-state index contributed by atoms with van der Waals surface area (Å²) in [5.41, 5.74) is 3.02. The lowest BCUT2D eigenvalue weighted by Gasteiger charge is -2.12. The van der Waals surface area contributed by atoms with E-state index < -0.39 is 11.8 Å². The third-order valence-electron chi connectivity index (χ3n) is 3.23. The summed E-state index contributed by atoms with van der Waals surface area (Å²) >= 11 is 0. The average Bonchev–Trinajstić information content (AvgIpc) is 2.70. The lowest BCUT2D eigenvalue weighted by molar-refractivity contribution is -0.137. The summed E-state index contributed by atoms with van der Waals surface area (Å²) < 4.78 is 4.74. The molecule has 0 saturated heterocycles. The second-order valence-electron chi connectivity index (χ2n) is 4.50. The molecule has 0 spiro atoms. The minimum absolute atomic E-state index is 0.143. The topological polar surface area (TPSA) is 72.5 Å². The lowest BCUT2D eigenvalue weighted by atomic mass is 9.94. The number of ether oxygens (including phenoxy) is 1. The van der Waals surface area contributed by atoms with Crippen LogP contribution in [0.4, 0.5) is 5.69 Å². The number of esters is 1. The van der Waals surface area contributed by atoms with Gasteiger partial charge in [0.2, 0.25) is 5.91 Å². The van der Waals surface area contributed by atoms with E-state index in [0.717, 1.165) is 11.1 Å². The van der Waals surface area contributed by atoms with E-state index in [1.807, 2.05) is 13.0 Å². The molecule has 1 aliphatic rings. The number of fused-ring (bicyclic) bond motifs is 1. The van der Waals surface area contributed by atoms with Crippen LogP contribution >= 0.6 is 0 Å². The Labute approximate surface area is 110 Å². The van der Waals surface area contributed by atoms with Gasteiger partial charge in [0.1, 0.15) is 0 Å². The Balaban J connectivity index is 2.54. The van der Waals surface area contributed by atoms with E-state index in [1.165, 1.54) is 0 Å². The number of ketones is 1. The van der Waals surface area contributed by atoms with E-state index in [2.05, 4.69) is 5.32 Å². The summed E-state index contributed by atoms with van der Waals surface area (Å²) in [6.07, 6.45) is 0.236. The van der Waals surface area contributed by atoms with Gasteiger partial charge in [-0.1, -0.05) is 6.07 Å². The molecule has 5 nitrogen and oxygen atoms in total. The van der Waals surface area contributed by atoms with Crippen molar-refractivity contribution in [2.24, 2.45) is 0 Å². The monoisotopic (exact) mass is 261 g/mol. The zero-order valence-electron chi connectivity index (χ0n) is 11.1. The maximum Gasteiger partial charge on any atom is 0.379 e. The fourth-order valence-electron chi connectivity index (χ4n) is 2.21. The molecule has 1 amide bonds. The summed E-state index contributed by atoms with van der Waals surface area (Å²) in [5.74, 6) is -1.76. The Bertz CT molecular complexity index is 590. The van der Waals surface area contributed by atoms with Crippen molar-refractivity contribution in [1.29, 1.82) is 0 Å². The Morgan fingerprint density at radius 1 is 1.37 bits per heavy atom. The van der Waals surface area contributed by atoms with Gasteiger partial charge in [0.15, 0.2) is 0 Å². The molecule has 0 atom stereocenters. The predicted octanol–water partition coefficient (Wildman–Crippen LogP) is 1.54. The quantitative estimate of drug-likeness (QED) is 0.509. The van der Waals surface area contributed by atoms with Crippen molar-refractivity contribution in [3.8, 4) is 0 Å². The Morgan fingerprint density at radius 2 is 2.05 bits per heavy atom. The minimum Gasteiger partial charge on any atom is -0.460 e. The smallest absolute Gasteiger partial charge is 0.379 e. The molecule has 0 aliphatic carbocycles. The third-order valence-corrected chi connectivity index (χ3v) is 3.23. The van der Waals surface area contributed by atoms with Crippen LogP contribution in [0.1, 0.15) is 34.0 Å². The van der Waals surface area contributed by atoms with Crippen LogP contribution in [0.15, 0.2) is 6.07 Å². The highest BCUT2D eigenvalue weighted by molar-refractivity contribution is 6.42. The Kier molecular flexibility index (Phi) is 3.38. The van der Waals surface area contributed by atoms with Crippen molar-refractivity contribution in [3.05, 3.63) is 28.3 Å². The molecule has 5 heteroatoms. The predicted molar refractivity (Wildman–Crippen MR) is 69.2 cm³/mol. The Morgan fingerprint density at radius 3 is 2.68 bits per heavy atom. The van der Waals surface area contributed by atoms with Gasteiger partial charge < -0.3 is 10.1 Å². The van der Waals surface area contributed by atoms with Gasteiger partial charge >= 0.3 is 5.97 Å². The molecule has 2 rings (SSSR count). The lowest BCUT2D eigenvalue weighted by Crippen LogP contribution is -2.20. The van der Waals surface area contributed by atoms with Gasteiger partial charge in [0.05, 0.1) is 24.3 Å². The number of nitrogens with one attached hydrogen (secondary N) is 1. The zero-order valence-corrected chi connectivity index (χ0v) is 11.1. The van der Waals surface area contributed by atoms with Crippen molar-refractivity contribution in [2.75, 3.05) is 11.9 Å². The van der Waals surface area contributed by atoms with Crippen LogP contribution in [0.3, 0.4) is 0 Å². The number of aryl methyl sites for hydroxylation is 1. The molecule has 1 aromatic rings. The molecule has 0 aromatic heterocycles. The molecule has 0 unspecified atom stereocenters. The molecule has 1 aromatic carbocycles. The molecule has 0 bridgehead atoms. The summed E-state index contributed by atoms with van der Waals surface area (Å²) in [7, 11) is 0. The first-order valence-electron chi connectivity index (χ1n) is 6.10. The molecular weight excluding hydrogens is 246 g/mol. The van der Waals surface area contributed by atoms with Crippen LogP contribution < -0.4 is 5.32 Å². The van der Waals surface area contributed by atoms with E-state index in [-0.39, 0.29) is 24.5 Å². The van der Waals surface area contributed by atoms with Gasteiger partial charge in [0.25, 0.3) is 5.78 Å². The van der Waals surface area contributed by atoms with Crippen molar-refractivity contribution in [3.63, 3.8) is 0 Å². The maximum absolute atomic E-state index is 12.1. The highest BCUT2D eigenvalue weighted by atomic mass is 16.5. The summed E-state index contributed by atoms with van der Waals surface area (Å²) in [5, 5.41) is 2.64. The number of Topliss-reactive ketones (excluding diaryl/α,β-unsaturated/α-hetero) is 1. The van der Waals surface area contributed by atoms with Crippen LogP contribution in [0.25, 0.3) is 0 Å². The zero-order chi connectivity index (χ0) is 14.2. The summed E-state index contributed by atoms with van der Waals surface area (Å²) in [6, 6.07) is 1.87. The number of amides is 1. The van der Waals surface area contributed by atoms with Crippen molar-refractivity contribution in [1.82, 2.24) is 0 Å². The number of rotatable bonds is 3. The number of hydrogen-bond donors (Lipinski definition) is 1. The molecule has 1 heterocycles. The summed E-state index contributed by atoms with van der Waals surface area (Å²) in [4.78, 5) is 35.2. The van der Waals surface area contributed by atoms with Crippen LogP contribution in [-0.4, -0.2) is 24.3 Å². The minimum atomic E-state index is -0.889. The molecule has 0 saturated carbocycles.